The summed E-state index contributed by atoms with van der Waals surface area (Å²) in [6.07, 6.45) is 0.938. The van der Waals surface area contributed by atoms with E-state index in [4.69, 9.17) is 9.47 Å². The molecule has 4 heteroatoms. The number of rotatable bonds is 3. The van der Waals surface area contributed by atoms with Crippen LogP contribution in [0, 0.1) is 0 Å². The molecule has 1 aliphatic heterocycles. The molecule has 1 aromatic rings. The van der Waals surface area contributed by atoms with Crippen LogP contribution in [-0.4, -0.2) is 37.7 Å². The number of fused-ring (bicyclic) bond motifs is 1. The summed E-state index contributed by atoms with van der Waals surface area (Å²) >= 11 is 0. The Balaban J connectivity index is 2.21. The van der Waals surface area contributed by atoms with Crippen molar-refractivity contribution in [3.63, 3.8) is 0 Å². The van der Waals surface area contributed by atoms with E-state index in [1.165, 1.54) is 18.2 Å². The van der Waals surface area contributed by atoms with E-state index in [2.05, 4.69) is 11.0 Å². The predicted molar refractivity (Wildman–Crippen MR) is 68.6 cm³/mol. The van der Waals surface area contributed by atoms with E-state index < -0.39 is 0 Å². The van der Waals surface area contributed by atoms with E-state index >= 15 is 0 Å². The number of methoxy groups -OCH3 is 2. The summed E-state index contributed by atoms with van der Waals surface area (Å²) in [4.78, 5) is 13.7. The van der Waals surface area contributed by atoms with Gasteiger partial charge in [0, 0.05) is 18.7 Å². The van der Waals surface area contributed by atoms with Crippen LogP contribution in [0.15, 0.2) is 18.2 Å². The van der Waals surface area contributed by atoms with Gasteiger partial charge in [0.1, 0.15) is 11.8 Å². The van der Waals surface area contributed by atoms with Gasteiger partial charge in [-0.05, 0) is 25.0 Å². The van der Waals surface area contributed by atoms with Crippen molar-refractivity contribution in [3.05, 3.63) is 29.3 Å². The van der Waals surface area contributed by atoms with Crippen LogP contribution in [0.1, 0.15) is 18.1 Å². The van der Waals surface area contributed by atoms with E-state index in [1.807, 2.05) is 19.1 Å². The van der Waals surface area contributed by atoms with Crippen molar-refractivity contribution >= 4 is 5.97 Å². The zero-order valence-electron chi connectivity index (χ0n) is 11.1. The Morgan fingerprint density at radius 2 is 2.17 bits per heavy atom. The highest BCUT2D eigenvalue weighted by Crippen LogP contribution is 2.28. The number of hydrogen-bond donors (Lipinski definition) is 0. The fourth-order valence-corrected chi connectivity index (χ4v) is 2.41. The van der Waals surface area contributed by atoms with E-state index in [1.54, 1.807) is 7.11 Å². The van der Waals surface area contributed by atoms with Crippen LogP contribution >= 0.6 is 0 Å². The summed E-state index contributed by atoms with van der Waals surface area (Å²) in [7, 11) is 3.11. The lowest BCUT2D eigenvalue weighted by Gasteiger charge is -2.32. The third-order valence-electron chi connectivity index (χ3n) is 3.57. The second-order valence-corrected chi connectivity index (χ2v) is 4.52. The first-order valence-electron chi connectivity index (χ1n) is 6.14. The minimum Gasteiger partial charge on any atom is -0.496 e. The smallest absolute Gasteiger partial charge is 0.322 e. The fraction of sp³-hybridized carbons (Fsp3) is 0.500. The van der Waals surface area contributed by atoms with Crippen LogP contribution in [0.3, 0.4) is 0 Å². The molecule has 1 heterocycles. The van der Waals surface area contributed by atoms with E-state index in [9.17, 15) is 4.79 Å². The third-order valence-corrected chi connectivity index (χ3v) is 3.57. The number of ether oxygens (including phenoxy) is 2. The first-order chi connectivity index (χ1) is 8.67. The quantitative estimate of drug-likeness (QED) is 0.763. The molecule has 0 N–H and O–H groups in total. The average Bonchev–Trinajstić information content (AvgIpc) is 2.44. The summed E-state index contributed by atoms with van der Waals surface area (Å²) in [5.74, 6) is 0.711. The lowest BCUT2D eigenvalue weighted by molar-refractivity contribution is -0.146. The fourth-order valence-electron chi connectivity index (χ4n) is 2.41. The molecule has 0 fully saturated rings. The Morgan fingerprint density at radius 1 is 1.39 bits per heavy atom. The Labute approximate surface area is 107 Å². The maximum Gasteiger partial charge on any atom is 0.322 e. The Kier molecular flexibility index (Phi) is 3.87. The predicted octanol–water partition coefficient (Wildman–Crippen LogP) is 1.61. The Hall–Kier alpha value is -1.55. The molecule has 1 aliphatic rings. The number of hydrogen-bond acceptors (Lipinski definition) is 4. The van der Waals surface area contributed by atoms with Gasteiger partial charge in [-0.25, -0.2) is 0 Å². The van der Waals surface area contributed by atoms with E-state index in [0.717, 1.165) is 25.3 Å². The molecular formula is C14H19NO3. The van der Waals surface area contributed by atoms with Crippen molar-refractivity contribution < 1.29 is 14.3 Å². The van der Waals surface area contributed by atoms with Gasteiger partial charge in [-0.1, -0.05) is 12.1 Å². The molecule has 0 amide bonds. The zero-order chi connectivity index (χ0) is 13.1. The van der Waals surface area contributed by atoms with Crippen LogP contribution in [0.25, 0.3) is 0 Å². The second-order valence-electron chi connectivity index (χ2n) is 4.52. The standard InChI is InChI=1S/C14H19NO3/c1-10(14(16)18-3)15-8-7-11-5-4-6-13(17-2)12(11)9-15/h4-6,10H,7-9H2,1-3H3. The van der Waals surface area contributed by atoms with Crippen LogP contribution < -0.4 is 4.74 Å². The van der Waals surface area contributed by atoms with E-state index in [-0.39, 0.29) is 12.0 Å². The number of carbonyl (C=O) groups is 1. The molecule has 0 saturated heterocycles. The van der Waals surface area contributed by atoms with Crippen LogP contribution in [0.4, 0.5) is 0 Å². The van der Waals surface area contributed by atoms with Gasteiger partial charge >= 0.3 is 5.97 Å². The van der Waals surface area contributed by atoms with Gasteiger partial charge < -0.3 is 9.47 Å². The van der Waals surface area contributed by atoms with Crippen molar-refractivity contribution in [1.82, 2.24) is 4.90 Å². The summed E-state index contributed by atoms with van der Waals surface area (Å²) in [5, 5.41) is 0. The van der Waals surface area contributed by atoms with Crippen molar-refractivity contribution in [2.75, 3.05) is 20.8 Å². The van der Waals surface area contributed by atoms with Crippen LogP contribution in [0.5, 0.6) is 5.75 Å². The van der Waals surface area contributed by atoms with Crippen LogP contribution in [-0.2, 0) is 22.5 Å². The number of nitrogens with zero attached hydrogens (tertiary/aromatic N) is 1. The highest BCUT2D eigenvalue weighted by atomic mass is 16.5. The van der Waals surface area contributed by atoms with Crippen molar-refractivity contribution in [2.45, 2.75) is 25.9 Å². The summed E-state index contributed by atoms with van der Waals surface area (Å²) in [6.45, 7) is 3.48. The molecule has 0 radical (unpaired) electrons. The first-order valence-corrected chi connectivity index (χ1v) is 6.14. The number of carbonyl (C=O) groups excluding carboxylic acids is 1. The van der Waals surface area contributed by atoms with E-state index in [0.29, 0.717) is 0 Å². The lowest BCUT2D eigenvalue weighted by atomic mass is 9.98. The van der Waals surface area contributed by atoms with Crippen LogP contribution in [0.2, 0.25) is 0 Å². The normalized spacial score (nSPS) is 16.8. The van der Waals surface area contributed by atoms with Gasteiger partial charge in [-0.2, -0.15) is 0 Å². The Bertz CT molecular complexity index is 430. The van der Waals surface area contributed by atoms with Crippen molar-refractivity contribution in [3.8, 4) is 5.75 Å². The average molecular weight is 249 g/mol. The third kappa shape index (κ3) is 2.34. The maximum atomic E-state index is 11.6. The maximum absolute atomic E-state index is 11.6. The second kappa shape index (κ2) is 5.40. The molecule has 2 rings (SSSR count). The largest absolute Gasteiger partial charge is 0.496 e. The summed E-state index contributed by atoms with van der Waals surface area (Å²) < 4.78 is 10.2. The minimum absolute atomic E-state index is 0.187. The molecule has 1 unspecified atom stereocenters. The molecule has 98 valence electrons. The topological polar surface area (TPSA) is 38.8 Å². The molecule has 0 bridgehead atoms. The SMILES string of the molecule is COC(=O)C(C)N1CCc2cccc(OC)c2C1. The van der Waals surface area contributed by atoms with Gasteiger partial charge in [-0.15, -0.1) is 0 Å². The van der Waals surface area contributed by atoms with Gasteiger partial charge in [0.15, 0.2) is 0 Å². The molecule has 0 aliphatic carbocycles. The minimum atomic E-state index is -0.215. The van der Waals surface area contributed by atoms with Gasteiger partial charge in [-0.3, -0.25) is 9.69 Å². The monoisotopic (exact) mass is 249 g/mol. The summed E-state index contributed by atoms with van der Waals surface area (Å²) in [5.41, 5.74) is 2.49. The summed E-state index contributed by atoms with van der Waals surface area (Å²) in [6, 6.07) is 5.88. The number of benzene rings is 1. The van der Waals surface area contributed by atoms with Crippen molar-refractivity contribution in [1.29, 1.82) is 0 Å². The Morgan fingerprint density at radius 3 is 2.83 bits per heavy atom. The zero-order valence-corrected chi connectivity index (χ0v) is 11.1. The molecule has 0 saturated carbocycles. The highest BCUT2D eigenvalue weighted by Gasteiger charge is 2.27. The van der Waals surface area contributed by atoms with Gasteiger partial charge in [0.05, 0.1) is 14.2 Å². The first kappa shape index (κ1) is 12.9. The molecule has 1 atom stereocenters. The molecule has 18 heavy (non-hydrogen) atoms. The van der Waals surface area contributed by atoms with Gasteiger partial charge in [0.25, 0.3) is 0 Å². The van der Waals surface area contributed by atoms with Gasteiger partial charge in [0.2, 0.25) is 0 Å². The molecule has 0 spiro atoms. The molecule has 0 aromatic heterocycles. The molecular weight excluding hydrogens is 230 g/mol. The number of esters is 1. The highest BCUT2D eigenvalue weighted by molar-refractivity contribution is 5.75. The molecule has 1 aromatic carbocycles. The lowest BCUT2D eigenvalue weighted by Crippen LogP contribution is -2.42. The van der Waals surface area contributed by atoms with Crippen molar-refractivity contribution in [2.24, 2.45) is 0 Å². The molecule has 4 nitrogen and oxygen atoms in total.